The predicted octanol–water partition coefficient (Wildman–Crippen LogP) is 3.61. The van der Waals surface area contributed by atoms with Crippen LogP contribution in [0.5, 0.6) is 5.75 Å². The summed E-state index contributed by atoms with van der Waals surface area (Å²) in [6.45, 7) is 0.321. The Morgan fingerprint density at radius 3 is 2.39 bits per heavy atom. The summed E-state index contributed by atoms with van der Waals surface area (Å²) in [6, 6.07) is 11.6. The molecule has 3 rings (SSSR count). The van der Waals surface area contributed by atoms with Gasteiger partial charge in [-0.25, -0.2) is 0 Å². The van der Waals surface area contributed by atoms with Crippen LogP contribution in [0.2, 0.25) is 0 Å². The van der Waals surface area contributed by atoms with E-state index in [4.69, 9.17) is 4.74 Å². The number of hydrogen-bond donors (Lipinski definition) is 2. The van der Waals surface area contributed by atoms with Crippen molar-refractivity contribution < 1.29 is 27.5 Å². The first-order chi connectivity index (χ1) is 13.3. The third-order valence-corrected chi connectivity index (χ3v) is 4.55. The number of halogens is 3. The van der Waals surface area contributed by atoms with Crippen LogP contribution < -0.4 is 15.4 Å². The first kappa shape index (κ1) is 19.7. The van der Waals surface area contributed by atoms with Gasteiger partial charge in [0.25, 0.3) is 0 Å². The molecule has 2 aromatic carbocycles. The number of carbonyl (C=O) groups is 2. The number of amides is 2. The minimum Gasteiger partial charge on any atom is -0.497 e. The minimum absolute atomic E-state index is 0.0594. The number of ether oxygens (including phenoxy) is 1. The molecule has 2 unspecified atom stereocenters. The second-order valence-electron chi connectivity index (χ2n) is 6.58. The van der Waals surface area contributed by atoms with Gasteiger partial charge in [-0.1, -0.05) is 18.2 Å². The number of nitrogens with one attached hydrogen (secondary N) is 2. The number of hydrogen-bond acceptors (Lipinski definition) is 3. The molecule has 8 heteroatoms. The SMILES string of the molecule is COc1ccc(CNC(=O)C2CC2C(=O)Nc2cccc(C(F)(F)F)c2)cc1. The van der Waals surface area contributed by atoms with E-state index in [9.17, 15) is 22.8 Å². The maximum absolute atomic E-state index is 12.7. The first-order valence-electron chi connectivity index (χ1n) is 8.66. The van der Waals surface area contributed by atoms with Gasteiger partial charge in [-0.2, -0.15) is 13.2 Å². The molecule has 0 saturated heterocycles. The van der Waals surface area contributed by atoms with Crippen molar-refractivity contribution >= 4 is 17.5 Å². The molecule has 0 aromatic heterocycles. The van der Waals surface area contributed by atoms with Crippen LogP contribution >= 0.6 is 0 Å². The summed E-state index contributed by atoms with van der Waals surface area (Å²) in [5.41, 5.74) is 0.110. The third-order valence-electron chi connectivity index (χ3n) is 4.55. The van der Waals surface area contributed by atoms with Gasteiger partial charge in [0, 0.05) is 12.2 Å². The summed E-state index contributed by atoms with van der Waals surface area (Å²) >= 11 is 0. The zero-order chi connectivity index (χ0) is 20.3. The minimum atomic E-state index is -4.48. The maximum Gasteiger partial charge on any atom is 0.416 e. The van der Waals surface area contributed by atoms with Gasteiger partial charge < -0.3 is 15.4 Å². The van der Waals surface area contributed by atoms with Crippen molar-refractivity contribution in [3.63, 3.8) is 0 Å². The van der Waals surface area contributed by atoms with E-state index in [-0.39, 0.29) is 11.6 Å². The molecule has 1 aliphatic carbocycles. The van der Waals surface area contributed by atoms with Gasteiger partial charge in [0.2, 0.25) is 11.8 Å². The largest absolute Gasteiger partial charge is 0.497 e. The smallest absolute Gasteiger partial charge is 0.416 e. The fraction of sp³-hybridized carbons (Fsp3) is 0.300. The normalized spacial score (nSPS) is 18.3. The molecule has 0 spiro atoms. The Morgan fingerprint density at radius 2 is 1.75 bits per heavy atom. The summed E-state index contributed by atoms with van der Waals surface area (Å²) in [7, 11) is 1.56. The zero-order valence-electron chi connectivity index (χ0n) is 15.0. The fourth-order valence-corrected chi connectivity index (χ4v) is 2.85. The molecule has 5 nitrogen and oxygen atoms in total. The molecular formula is C20H19F3N2O3. The highest BCUT2D eigenvalue weighted by Gasteiger charge is 2.48. The van der Waals surface area contributed by atoms with Gasteiger partial charge in [0.05, 0.1) is 24.5 Å². The summed E-state index contributed by atoms with van der Waals surface area (Å²) in [6.07, 6.45) is -4.11. The fourth-order valence-electron chi connectivity index (χ4n) is 2.85. The number of anilines is 1. The molecule has 2 aromatic rings. The molecule has 1 saturated carbocycles. The van der Waals surface area contributed by atoms with Gasteiger partial charge in [0.15, 0.2) is 0 Å². The van der Waals surface area contributed by atoms with E-state index >= 15 is 0 Å². The van der Waals surface area contributed by atoms with Crippen molar-refractivity contribution in [1.29, 1.82) is 0 Å². The molecule has 2 N–H and O–H groups in total. The van der Waals surface area contributed by atoms with Crippen molar-refractivity contribution in [3.05, 3.63) is 59.7 Å². The van der Waals surface area contributed by atoms with Crippen molar-refractivity contribution in [2.45, 2.75) is 19.1 Å². The van der Waals surface area contributed by atoms with Crippen molar-refractivity contribution in [3.8, 4) is 5.75 Å². The van der Waals surface area contributed by atoms with E-state index in [0.717, 1.165) is 17.7 Å². The number of benzene rings is 2. The highest BCUT2D eigenvalue weighted by Crippen LogP contribution is 2.40. The molecule has 28 heavy (non-hydrogen) atoms. The van der Waals surface area contributed by atoms with Crippen LogP contribution in [0.25, 0.3) is 0 Å². The molecule has 2 amide bonds. The van der Waals surface area contributed by atoms with Gasteiger partial charge in [-0.15, -0.1) is 0 Å². The summed E-state index contributed by atoms with van der Waals surface area (Å²) < 4.78 is 43.3. The number of alkyl halides is 3. The Kier molecular flexibility index (Phi) is 5.58. The Labute approximate surface area is 159 Å². The van der Waals surface area contributed by atoms with Crippen LogP contribution in [-0.2, 0) is 22.3 Å². The summed E-state index contributed by atoms with van der Waals surface area (Å²) in [4.78, 5) is 24.4. The Hall–Kier alpha value is -3.03. The lowest BCUT2D eigenvalue weighted by Gasteiger charge is -2.10. The molecule has 0 radical (unpaired) electrons. The standard InChI is InChI=1S/C20H19F3N2O3/c1-28-15-7-5-12(6-8-15)11-24-18(26)16-10-17(16)19(27)25-14-4-2-3-13(9-14)20(21,22)23/h2-9,16-17H,10-11H2,1H3,(H,24,26)(H,25,27). The number of rotatable bonds is 6. The van der Waals surface area contributed by atoms with E-state index in [0.29, 0.717) is 18.7 Å². The zero-order valence-corrected chi connectivity index (χ0v) is 15.0. The third kappa shape index (κ3) is 4.82. The van der Waals surface area contributed by atoms with Gasteiger partial charge >= 0.3 is 6.18 Å². The average Bonchev–Trinajstić information content (AvgIpc) is 3.47. The first-order valence-corrected chi connectivity index (χ1v) is 8.66. The lowest BCUT2D eigenvalue weighted by molar-refractivity contribution is -0.137. The van der Waals surface area contributed by atoms with E-state index in [2.05, 4.69) is 10.6 Å². The Morgan fingerprint density at radius 1 is 1.07 bits per heavy atom. The monoisotopic (exact) mass is 392 g/mol. The predicted molar refractivity (Wildman–Crippen MR) is 96.5 cm³/mol. The van der Waals surface area contributed by atoms with Crippen LogP contribution in [0.15, 0.2) is 48.5 Å². The Balaban J connectivity index is 1.50. The number of methoxy groups -OCH3 is 1. The highest BCUT2D eigenvalue weighted by molar-refractivity contribution is 5.99. The van der Waals surface area contributed by atoms with E-state index < -0.39 is 29.5 Å². The average molecular weight is 392 g/mol. The molecule has 1 fully saturated rings. The maximum atomic E-state index is 12.7. The quantitative estimate of drug-likeness (QED) is 0.789. The molecule has 2 atom stereocenters. The summed E-state index contributed by atoms with van der Waals surface area (Å²) in [5, 5.41) is 5.22. The van der Waals surface area contributed by atoms with Crippen LogP contribution in [0.1, 0.15) is 17.5 Å². The van der Waals surface area contributed by atoms with Crippen LogP contribution in [0, 0.1) is 11.8 Å². The second kappa shape index (κ2) is 7.92. The molecule has 0 bridgehead atoms. The second-order valence-corrected chi connectivity index (χ2v) is 6.58. The lowest BCUT2D eigenvalue weighted by atomic mass is 10.2. The highest BCUT2D eigenvalue weighted by atomic mass is 19.4. The Bertz CT molecular complexity index is 866. The van der Waals surface area contributed by atoms with Crippen molar-refractivity contribution in [2.24, 2.45) is 11.8 Å². The van der Waals surface area contributed by atoms with Crippen molar-refractivity contribution in [1.82, 2.24) is 5.32 Å². The number of carbonyl (C=O) groups excluding carboxylic acids is 2. The van der Waals surface area contributed by atoms with Gasteiger partial charge in [-0.05, 0) is 42.3 Å². The van der Waals surface area contributed by atoms with E-state index in [1.807, 2.05) is 12.1 Å². The van der Waals surface area contributed by atoms with E-state index in [1.54, 1.807) is 19.2 Å². The van der Waals surface area contributed by atoms with Crippen LogP contribution in [-0.4, -0.2) is 18.9 Å². The molecule has 0 heterocycles. The molecular weight excluding hydrogens is 373 g/mol. The summed E-state index contributed by atoms with van der Waals surface area (Å²) in [5.74, 6) is -0.998. The van der Waals surface area contributed by atoms with E-state index in [1.165, 1.54) is 12.1 Å². The van der Waals surface area contributed by atoms with Crippen molar-refractivity contribution in [2.75, 3.05) is 12.4 Å². The molecule has 148 valence electrons. The van der Waals surface area contributed by atoms with Crippen LogP contribution in [0.3, 0.4) is 0 Å². The van der Waals surface area contributed by atoms with Gasteiger partial charge in [0.1, 0.15) is 5.75 Å². The lowest BCUT2D eigenvalue weighted by Crippen LogP contribution is -2.27. The van der Waals surface area contributed by atoms with Gasteiger partial charge in [-0.3, -0.25) is 9.59 Å². The topological polar surface area (TPSA) is 67.4 Å². The van der Waals surface area contributed by atoms with Crippen LogP contribution in [0.4, 0.5) is 18.9 Å². The molecule has 0 aliphatic heterocycles. The molecule has 1 aliphatic rings.